The molecule has 0 atom stereocenters. The zero-order chi connectivity index (χ0) is 19.6. The molecule has 0 unspecified atom stereocenters. The third-order valence-electron chi connectivity index (χ3n) is 3.77. The lowest BCUT2D eigenvalue weighted by Gasteiger charge is -2.14. The summed E-state index contributed by atoms with van der Waals surface area (Å²) >= 11 is 0. The van der Waals surface area contributed by atoms with Crippen LogP contribution in [0.3, 0.4) is 0 Å². The molecule has 1 saturated heterocycles. The van der Waals surface area contributed by atoms with E-state index in [1.165, 1.54) is 30.3 Å². The number of hydrogen-bond donors (Lipinski definition) is 2. The van der Waals surface area contributed by atoms with Crippen LogP contribution in [0.2, 0.25) is 0 Å². The van der Waals surface area contributed by atoms with Gasteiger partial charge in [0.1, 0.15) is 5.76 Å². The Kier molecular flexibility index (Phi) is 5.06. The molecular formula is C16H16N4O6S. The molecule has 0 spiro atoms. The van der Waals surface area contributed by atoms with E-state index in [4.69, 9.17) is 4.52 Å². The van der Waals surface area contributed by atoms with Gasteiger partial charge in [0, 0.05) is 18.9 Å². The van der Waals surface area contributed by atoms with Gasteiger partial charge < -0.3 is 9.84 Å². The van der Waals surface area contributed by atoms with Crippen LogP contribution in [-0.2, 0) is 24.4 Å². The third-order valence-corrected chi connectivity index (χ3v) is 5.19. The van der Waals surface area contributed by atoms with Crippen LogP contribution >= 0.6 is 0 Å². The number of carbonyl (C=O) groups is 3. The maximum absolute atomic E-state index is 12.3. The van der Waals surface area contributed by atoms with E-state index >= 15 is 0 Å². The molecule has 1 aromatic heterocycles. The summed E-state index contributed by atoms with van der Waals surface area (Å²) in [5.41, 5.74) is 0.306. The zero-order valence-corrected chi connectivity index (χ0v) is 15.1. The van der Waals surface area contributed by atoms with Crippen LogP contribution in [0.4, 0.5) is 11.5 Å². The molecule has 1 aromatic carbocycles. The maximum Gasteiger partial charge on any atom is 0.241 e. The topological polar surface area (TPSA) is 139 Å². The SMILES string of the molecule is Cc1cc(NC(=O)CNS(=O)(=O)c2ccc(N3C(=O)CCC3=O)cc2)no1. The van der Waals surface area contributed by atoms with Crippen molar-refractivity contribution in [3.63, 3.8) is 0 Å². The molecule has 1 aliphatic heterocycles. The van der Waals surface area contributed by atoms with Gasteiger partial charge in [-0.05, 0) is 31.2 Å². The molecule has 0 bridgehead atoms. The standard InChI is InChI=1S/C16H16N4O6S/c1-10-8-13(19-26-10)18-14(21)9-17-27(24,25)12-4-2-11(3-5-12)20-15(22)6-7-16(20)23/h2-5,8,17H,6-7,9H2,1H3,(H,18,19,21). The average molecular weight is 392 g/mol. The van der Waals surface area contributed by atoms with Crippen molar-refractivity contribution in [2.75, 3.05) is 16.8 Å². The normalized spacial score (nSPS) is 14.6. The molecule has 3 amide bonds. The van der Waals surface area contributed by atoms with Crippen molar-refractivity contribution in [1.29, 1.82) is 0 Å². The number of anilines is 2. The van der Waals surface area contributed by atoms with Crippen LogP contribution < -0.4 is 14.9 Å². The van der Waals surface area contributed by atoms with Crippen molar-refractivity contribution in [1.82, 2.24) is 9.88 Å². The zero-order valence-electron chi connectivity index (χ0n) is 14.3. The molecule has 142 valence electrons. The van der Waals surface area contributed by atoms with Crippen molar-refractivity contribution in [2.24, 2.45) is 0 Å². The summed E-state index contributed by atoms with van der Waals surface area (Å²) in [6.07, 6.45) is 0.279. The maximum atomic E-state index is 12.3. The fourth-order valence-electron chi connectivity index (χ4n) is 2.50. The van der Waals surface area contributed by atoms with E-state index in [1.807, 2.05) is 0 Å². The molecule has 10 nitrogen and oxygen atoms in total. The number of aromatic nitrogens is 1. The summed E-state index contributed by atoms with van der Waals surface area (Å²) in [5, 5.41) is 5.96. The quantitative estimate of drug-likeness (QED) is 0.685. The van der Waals surface area contributed by atoms with Gasteiger partial charge in [0.25, 0.3) is 0 Å². The van der Waals surface area contributed by atoms with Gasteiger partial charge in [-0.25, -0.2) is 13.1 Å². The van der Waals surface area contributed by atoms with Crippen LogP contribution in [0, 0.1) is 6.92 Å². The number of aryl methyl sites for hydroxylation is 1. The number of rotatable bonds is 6. The first kappa shape index (κ1) is 18.7. The number of benzene rings is 1. The first-order chi connectivity index (χ1) is 12.8. The largest absolute Gasteiger partial charge is 0.360 e. The Morgan fingerprint density at radius 1 is 1.19 bits per heavy atom. The smallest absolute Gasteiger partial charge is 0.241 e. The van der Waals surface area contributed by atoms with Crippen LogP contribution in [0.25, 0.3) is 0 Å². The van der Waals surface area contributed by atoms with Crippen LogP contribution in [0.15, 0.2) is 39.8 Å². The fourth-order valence-corrected chi connectivity index (χ4v) is 3.48. The second kappa shape index (κ2) is 7.29. The van der Waals surface area contributed by atoms with E-state index in [2.05, 4.69) is 15.2 Å². The van der Waals surface area contributed by atoms with E-state index in [-0.39, 0.29) is 35.4 Å². The van der Waals surface area contributed by atoms with Gasteiger partial charge in [-0.3, -0.25) is 19.3 Å². The molecule has 0 radical (unpaired) electrons. The van der Waals surface area contributed by atoms with Crippen molar-refractivity contribution in [2.45, 2.75) is 24.7 Å². The minimum Gasteiger partial charge on any atom is -0.360 e. The van der Waals surface area contributed by atoms with E-state index < -0.39 is 22.5 Å². The van der Waals surface area contributed by atoms with Crippen molar-refractivity contribution in [3.05, 3.63) is 36.1 Å². The predicted octanol–water partition coefficient (Wildman–Crippen LogP) is 0.553. The van der Waals surface area contributed by atoms with E-state index in [0.717, 1.165) is 4.90 Å². The third kappa shape index (κ3) is 4.20. The minimum atomic E-state index is -3.95. The number of imide groups is 1. The first-order valence-electron chi connectivity index (χ1n) is 7.95. The second-order valence-corrected chi connectivity index (χ2v) is 7.58. The number of nitrogens with zero attached hydrogens (tertiary/aromatic N) is 2. The fraction of sp³-hybridized carbons (Fsp3) is 0.250. The molecule has 27 heavy (non-hydrogen) atoms. The number of sulfonamides is 1. The predicted molar refractivity (Wildman–Crippen MR) is 93.2 cm³/mol. The highest BCUT2D eigenvalue weighted by atomic mass is 32.2. The first-order valence-corrected chi connectivity index (χ1v) is 9.43. The molecule has 2 heterocycles. The monoisotopic (exact) mass is 392 g/mol. The molecular weight excluding hydrogens is 376 g/mol. The number of carbonyl (C=O) groups excluding carboxylic acids is 3. The van der Waals surface area contributed by atoms with Crippen molar-refractivity contribution >= 4 is 39.3 Å². The van der Waals surface area contributed by atoms with Crippen LogP contribution in [-0.4, -0.2) is 37.8 Å². The Labute approximate surface area is 154 Å². The summed E-state index contributed by atoms with van der Waals surface area (Å²) in [6, 6.07) is 6.75. The van der Waals surface area contributed by atoms with Crippen molar-refractivity contribution < 1.29 is 27.3 Å². The molecule has 2 aromatic rings. The van der Waals surface area contributed by atoms with E-state index in [1.54, 1.807) is 6.92 Å². The minimum absolute atomic E-state index is 0.101. The highest BCUT2D eigenvalue weighted by molar-refractivity contribution is 7.89. The summed E-state index contributed by atoms with van der Waals surface area (Å²) in [7, 11) is -3.95. The van der Waals surface area contributed by atoms with Gasteiger partial charge in [-0.15, -0.1) is 0 Å². The lowest BCUT2D eigenvalue weighted by atomic mass is 10.3. The highest BCUT2D eigenvalue weighted by Gasteiger charge is 2.30. The molecule has 2 N–H and O–H groups in total. The number of amides is 3. The second-order valence-electron chi connectivity index (χ2n) is 5.81. The molecule has 0 saturated carbocycles. The lowest BCUT2D eigenvalue weighted by Crippen LogP contribution is -2.33. The molecule has 11 heteroatoms. The summed E-state index contributed by atoms with van der Waals surface area (Å²) < 4.78 is 31.5. The molecule has 1 fully saturated rings. The molecule has 0 aliphatic carbocycles. The molecule has 1 aliphatic rings. The van der Waals surface area contributed by atoms with Gasteiger partial charge in [0.15, 0.2) is 5.82 Å². The van der Waals surface area contributed by atoms with Gasteiger partial charge in [0.05, 0.1) is 17.1 Å². The van der Waals surface area contributed by atoms with Crippen molar-refractivity contribution in [3.8, 4) is 0 Å². The van der Waals surface area contributed by atoms with Crippen LogP contribution in [0.1, 0.15) is 18.6 Å². The van der Waals surface area contributed by atoms with Gasteiger partial charge in [-0.1, -0.05) is 5.16 Å². The lowest BCUT2D eigenvalue weighted by molar-refractivity contribution is -0.121. The highest BCUT2D eigenvalue weighted by Crippen LogP contribution is 2.23. The Morgan fingerprint density at radius 2 is 1.81 bits per heavy atom. The number of nitrogens with one attached hydrogen (secondary N) is 2. The average Bonchev–Trinajstić information content (AvgIpc) is 3.18. The molecule has 3 rings (SSSR count). The Morgan fingerprint density at radius 3 is 2.37 bits per heavy atom. The Balaban J connectivity index is 1.63. The van der Waals surface area contributed by atoms with Gasteiger partial charge in [0.2, 0.25) is 27.7 Å². The van der Waals surface area contributed by atoms with Gasteiger partial charge in [-0.2, -0.15) is 0 Å². The van der Waals surface area contributed by atoms with Crippen LogP contribution in [0.5, 0.6) is 0 Å². The van der Waals surface area contributed by atoms with E-state index in [9.17, 15) is 22.8 Å². The Hall–Kier alpha value is -3.05. The summed E-state index contributed by atoms with van der Waals surface area (Å²) in [4.78, 5) is 36.2. The number of hydrogen-bond acceptors (Lipinski definition) is 7. The van der Waals surface area contributed by atoms with E-state index in [0.29, 0.717) is 11.4 Å². The summed E-state index contributed by atoms with van der Waals surface area (Å²) in [6.45, 7) is 1.15. The van der Waals surface area contributed by atoms with Gasteiger partial charge >= 0.3 is 0 Å². The summed E-state index contributed by atoms with van der Waals surface area (Å²) in [5.74, 6) is -0.583. The Bertz CT molecular complexity index is 980.